The lowest BCUT2D eigenvalue weighted by Crippen LogP contribution is -2.74. The largest absolute Gasteiger partial charge is 0.504 e. The van der Waals surface area contributed by atoms with E-state index in [9.17, 15) is 44.5 Å². The highest BCUT2D eigenvalue weighted by Crippen LogP contribution is 2.45. The Morgan fingerprint density at radius 3 is 2.67 bits per heavy atom. The summed E-state index contributed by atoms with van der Waals surface area (Å²) in [6.45, 7) is 4.60. The summed E-state index contributed by atoms with van der Waals surface area (Å²) in [5, 5.41) is 49.8. The summed E-state index contributed by atoms with van der Waals surface area (Å²) in [5.41, 5.74) is 12.0. The molecule has 1 aromatic carbocycles. The molecule has 4 amide bonds. The number of hydrogen-bond donors (Lipinski definition) is 9. The molecule has 21 nitrogen and oxygen atoms in total. The van der Waals surface area contributed by atoms with E-state index in [2.05, 4.69) is 36.8 Å². The number of phenols is 2. The molecule has 0 spiro atoms. The number of aromatic hydroxyl groups is 2. The number of nitrogens with one attached hydrogen (secondary N) is 4. The first-order valence-corrected chi connectivity index (χ1v) is 18.7. The summed E-state index contributed by atoms with van der Waals surface area (Å²) in [6.07, 6.45) is 0.379. The van der Waals surface area contributed by atoms with Gasteiger partial charge in [0.1, 0.15) is 28.2 Å². The van der Waals surface area contributed by atoms with E-state index in [1.54, 1.807) is 19.9 Å². The van der Waals surface area contributed by atoms with Gasteiger partial charge in [-0.3, -0.25) is 40.0 Å². The Hall–Kier alpha value is -5.56. The number of phenolic OH excluding ortho intramolecular Hbond substituents is 2. The number of hydroxylamine groups is 1. The van der Waals surface area contributed by atoms with E-state index in [-0.39, 0.29) is 34.4 Å². The van der Waals surface area contributed by atoms with Gasteiger partial charge in [-0.15, -0.1) is 40.4 Å². The Morgan fingerprint density at radius 2 is 1.98 bits per heavy atom. The van der Waals surface area contributed by atoms with Gasteiger partial charge in [-0.2, -0.15) is 5.17 Å². The van der Waals surface area contributed by atoms with Gasteiger partial charge in [0, 0.05) is 34.7 Å². The number of oxime groups is 1. The van der Waals surface area contributed by atoms with Crippen molar-refractivity contribution >= 4 is 81.0 Å². The zero-order chi connectivity index (χ0) is 39.1. The minimum Gasteiger partial charge on any atom is -0.504 e. The molecule has 5 heterocycles. The number of hydrazine groups is 3. The molecular weight excluding hydrogens is 771 g/mol. The second kappa shape index (κ2) is 15.1. The summed E-state index contributed by atoms with van der Waals surface area (Å²) in [5.74, 6) is -4.52. The second-order valence-corrected chi connectivity index (χ2v) is 15.3. The number of carbonyl (C=O) groups excluding carboxylic acids is 4. The number of benzene rings is 1. The van der Waals surface area contributed by atoms with Crippen LogP contribution in [-0.4, -0.2) is 117 Å². The highest BCUT2D eigenvalue weighted by atomic mass is 32.2. The predicted molar refractivity (Wildman–Crippen MR) is 194 cm³/mol. The van der Waals surface area contributed by atoms with E-state index in [0.717, 1.165) is 28.6 Å². The maximum absolute atomic E-state index is 13.5. The van der Waals surface area contributed by atoms with Crippen LogP contribution in [0.15, 0.2) is 56.4 Å². The Balaban J connectivity index is 1.08. The minimum absolute atomic E-state index is 0.00722. The van der Waals surface area contributed by atoms with Crippen molar-refractivity contribution in [2.24, 2.45) is 15.6 Å². The topological polar surface area (TPSA) is 297 Å². The molecule has 2 saturated heterocycles. The molecule has 0 saturated carbocycles. The van der Waals surface area contributed by atoms with Crippen LogP contribution in [0.4, 0.5) is 5.13 Å². The number of β-lactam (4-membered cyclic amide) rings is 1. The molecule has 0 bridgehead atoms. The van der Waals surface area contributed by atoms with E-state index < -0.39 is 69.7 Å². The van der Waals surface area contributed by atoms with Gasteiger partial charge >= 0.3 is 5.97 Å². The van der Waals surface area contributed by atoms with Crippen LogP contribution in [0.2, 0.25) is 0 Å². The number of carbonyl (C=O) groups is 5. The average molecular weight is 804 g/mol. The summed E-state index contributed by atoms with van der Waals surface area (Å²) in [7, 11) is 0. The van der Waals surface area contributed by atoms with Crippen molar-refractivity contribution in [1.82, 2.24) is 41.8 Å². The zero-order valence-corrected chi connectivity index (χ0v) is 30.9. The van der Waals surface area contributed by atoms with Crippen LogP contribution in [0.5, 0.6) is 11.5 Å². The van der Waals surface area contributed by atoms with Crippen LogP contribution in [-0.2, 0) is 24.0 Å². The number of aliphatic carboxylic acids is 1. The highest BCUT2D eigenvalue weighted by molar-refractivity contribution is 8.03. The highest BCUT2D eigenvalue weighted by Gasteiger charge is 2.58. The number of nitrogens with two attached hydrogens (primary N) is 1. The fourth-order valence-corrected chi connectivity index (χ4v) is 8.84. The van der Waals surface area contributed by atoms with E-state index in [0.29, 0.717) is 22.3 Å². The fourth-order valence-electron chi connectivity index (χ4n) is 5.37. The molecule has 286 valence electrons. The van der Waals surface area contributed by atoms with Crippen LogP contribution < -0.4 is 27.4 Å². The molecule has 10 N–H and O–H groups in total. The van der Waals surface area contributed by atoms with E-state index in [1.165, 1.54) is 51.8 Å². The van der Waals surface area contributed by atoms with Gasteiger partial charge in [-0.25, -0.2) is 15.0 Å². The van der Waals surface area contributed by atoms with Crippen molar-refractivity contribution in [2.45, 2.75) is 38.3 Å². The second-order valence-electron chi connectivity index (χ2n) is 12.3. The van der Waals surface area contributed by atoms with Crippen molar-refractivity contribution in [3.8, 4) is 11.5 Å². The summed E-state index contributed by atoms with van der Waals surface area (Å²) in [6, 6.07) is 2.25. The molecular formula is C30H33N11O10S3. The molecule has 0 aliphatic carbocycles. The number of rotatable bonds is 11. The number of aliphatic imine (C=N–C) groups is 1. The molecule has 2 aromatic rings. The Labute approximate surface area is 317 Å². The quantitative estimate of drug-likeness (QED) is 0.0617. The lowest BCUT2D eigenvalue weighted by molar-refractivity contribution is -0.157. The number of carboxylic acids is 1. The lowest BCUT2D eigenvalue weighted by Gasteiger charge is -2.53. The maximum Gasteiger partial charge on any atom is 0.313 e. The first-order valence-electron chi connectivity index (χ1n) is 15.8. The number of nitrogens with zero attached hydrogens (tertiary/aromatic N) is 6. The number of thiazole rings is 1. The first kappa shape index (κ1) is 38.2. The number of fused-ring (bicyclic) bond motifs is 2. The monoisotopic (exact) mass is 803 g/mol. The number of thioether (sulfide) groups is 2. The number of amides is 4. The zero-order valence-electron chi connectivity index (χ0n) is 28.5. The third kappa shape index (κ3) is 7.45. The molecule has 4 atom stereocenters. The van der Waals surface area contributed by atoms with Crippen LogP contribution in [0.1, 0.15) is 36.8 Å². The van der Waals surface area contributed by atoms with E-state index in [1.807, 2.05) is 0 Å². The van der Waals surface area contributed by atoms with Crippen molar-refractivity contribution in [3.05, 3.63) is 57.5 Å². The van der Waals surface area contributed by atoms with Gasteiger partial charge in [0.25, 0.3) is 17.7 Å². The molecule has 6 rings (SSSR count). The van der Waals surface area contributed by atoms with Gasteiger partial charge in [0.05, 0.1) is 5.03 Å². The number of carboxylic acid groups (broad SMARTS) is 1. The summed E-state index contributed by atoms with van der Waals surface area (Å²) < 4.78 is 0. The number of allylic oxidation sites excluding steroid dienone is 2. The molecule has 3 unspecified atom stereocenters. The Bertz CT molecular complexity index is 2060. The van der Waals surface area contributed by atoms with E-state index >= 15 is 0 Å². The standard InChI is InChI=1S/C30H33N11O10S3/c1-12-6-19(40-22(32-12)13(2)41(50)38-40)53-10-30(28(48)49)9-39-26(47)21(27(39)54-11-30)34-25(46)20(16-8-52-29(31)33-16)37-51-14(3)23(44)35-36-24(45)15-4-5-17(42)18(43)7-15/h4-8,14,21,27,38,42-43,50H,9-11H2,1-3H3,(H2,31,33)(H,34,46)(H,35,44)(H,36,45)(H,48,49)/t14?,21?,27-,30?/m1/s1. The molecule has 1 aromatic heterocycles. The summed E-state index contributed by atoms with van der Waals surface area (Å²) >= 11 is 3.43. The Kier molecular flexibility index (Phi) is 10.6. The number of hydrogen-bond acceptors (Lipinski definition) is 19. The maximum atomic E-state index is 13.5. The third-order valence-electron chi connectivity index (χ3n) is 8.45. The van der Waals surface area contributed by atoms with Crippen LogP contribution in [0.25, 0.3) is 0 Å². The first-order chi connectivity index (χ1) is 25.6. The molecule has 4 aliphatic heterocycles. The van der Waals surface area contributed by atoms with Crippen molar-refractivity contribution in [3.63, 3.8) is 0 Å². The fraction of sp³-hybridized carbons (Fsp3) is 0.333. The van der Waals surface area contributed by atoms with Crippen LogP contribution >= 0.6 is 34.9 Å². The average Bonchev–Trinajstić information content (AvgIpc) is 3.70. The smallest absolute Gasteiger partial charge is 0.313 e. The van der Waals surface area contributed by atoms with Gasteiger partial charge < -0.3 is 36.1 Å². The normalized spacial score (nSPS) is 22.7. The minimum atomic E-state index is -1.37. The predicted octanol–water partition coefficient (Wildman–Crippen LogP) is -0.158. The third-order valence-corrected chi connectivity index (χ3v) is 12.0. The van der Waals surface area contributed by atoms with Gasteiger partial charge in [-0.05, 0) is 45.0 Å². The molecule has 2 fully saturated rings. The van der Waals surface area contributed by atoms with Crippen molar-refractivity contribution in [1.29, 1.82) is 0 Å². The number of anilines is 1. The molecule has 4 aliphatic rings. The van der Waals surface area contributed by atoms with Gasteiger partial charge in [-0.1, -0.05) is 5.16 Å². The Morgan fingerprint density at radius 1 is 1.22 bits per heavy atom. The molecule has 54 heavy (non-hydrogen) atoms. The van der Waals surface area contributed by atoms with Crippen molar-refractivity contribution < 1.29 is 49.3 Å². The molecule has 0 radical (unpaired) electrons. The van der Waals surface area contributed by atoms with Gasteiger partial charge in [0.2, 0.25) is 12.0 Å². The van der Waals surface area contributed by atoms with Crippen LogP contribution in [0.3, 0.4) is 0 Å². The number of aromatic nitrogens is 1. The van der Waals surface area contributed by atoms with Gasteiger partial charge in [0.15, 0.2) is 28.2 Å². The van der Waals surface area contributed by atoms with Crippen molar-refractivity contribution in [2.75, 3.05) is 23.8 Å². The van der Waals surface area contributed by atoms with E-state index in [4.69, 9.17) is 10.6 Å². The van der Waals surface area contributed by atoms with Crippen LogP contribution in [0, 0.1) is 5.41 Å². The SMILES string of the molecule is CC1=NC2=C(C)N(O)NN2C(SCC2(C(=O)O)CS[C@@H]3C(NC(=O)C(=NOC(C)C(=O)NNC(=O)c4ccc(O)c(O)c4)c4csc(N)n4)C(=O)N3C2)=C1. The number of nitrogen functional groups attached to an aromatic ring is 1. The molecule has 24 heteroatoms. The lowest BCUT2D eigenvalue weighted by atomic mass is 9.89. The summed E-state index contributed by atoms with van der Waals surface area (Å²) in [4.78, 5) is 79.7.